The lowest BCUT2D eigenvalue weighted by Crippen LogP contribution is -2.34. The molecule has 1 amide bonds. The second-order valence-corrected chi connectivity index (χ2v) is 8.22. The number of nitrogens with zero attached hydrogens (tertiary/aromatic N) is 1. The molecular formula is C14H15ClN2O4S2. The number of benzene rings is 1. The summed E-state index contributed by atoms with van der Waals surface area (Å²) in [5.41, 5.74) is 0.461. The number of thiophene rings is 1. The highest BCUT2D eigenvalue weighted by Gasteiger charge is 2.23. The molecule has 0 aliphatic rings. The van der Waals surface area contributed by atoms with E-state index in [1.54, 1.807) is 23.6 Å². The van der Waals surface area contributed by atoms with Gasteiger partial charge in [-0.15, -0.1) is 11.3 Å². The summed E-state index contributed by atoms with van der Waals surface area (Å²) < 4.78 is 30.7. The maximum atomic E-state index is 12.2. The van der Waals surface area contributed by atoms with E-state index in [1.165, 1.54) is 26.3 Å². The van der Waals surface area contributed by atoms with Gasteiger partial charge >= 0.3 is 0 Å². The van der Waals surface area contributed by atoms with Gasteiger partial charge in [-0.3, -0.25) is 4.79 Å². The molecule has 0 fully saturated rings. The van der Waals surface area contributed by atoms with E-state index in [1.807, 2.05) is 0 Å². The van der Waals surface area contributed by atoms with Crippen molar-refractivity contribution in [1.82, 2.24) is 4.31 Å². The van der Waals surface area contributed by atoms with Gasteiger partial charge in [-0.1, -0.05) is 17.7 Å². The topological polar surface area (TPSA) is 75.7 Å². The summed E-state index contributed by atoms with van der Waals surface area (Å²) in [6.45, 7) is -0.302. The lowest BCUT2D eigenvalue weighted by molar-refractivity contribution is -0.116. The zero-order chi connectivity index (χ0) is 17.0. The number of nitrogens with one attached hydrogen (secondary N) is 1. The third-order valence-electron chi connectivity index (χ3n) is 2.96. The average Bonchev–Trinajstić information content (AvgIpc) is 3.02. The molecule has 23 heavy (non-hydrogen) atoms. The number of likely N-dealkylation sites (N-methyl/N-ethyl adjacent to an activating group) is 1. The van der Waals surface area contributed by atoms with Crippen LogP contribution in [0, 0.1) is 0 Å². The van der Waals surface area contributed by atoms with Gasteiger partial charge in [0.15, 0.2) is 0 Å². The molecule has 0 bridgehead atoms. The number of carbonyl (C=O) groups is 1. The summed E-state index contributed by atoms with van der Waals surface area (Å²) in [6.07, 6.45) is 0. The molecule has 0 aliphatic carbocycles. The number of carbonyl (C=O) groups excluding carboxylic acids is 1. The largest absolute Gasteiger partial charge is 0.495 e. The molecule has 0 atom stereocenters. The van der Waals surface area contributed by atoms with Gasteiger partial charge in [-0.25, -0.2) is 8.42 Å². The van der Waals surface area contributed by atoms with Crippen LogP contribution in [-0.4, -0.2) is 39.3 Å². The third kappa shape index (κ3) is 4.23. The predicted octanol–water partition coefficient (Wildman–Crippen LogP) is 2.67. The third-order valence-corrected chi connectivity index (χ3v) is 6.43. The first kappa shape index (κ1) is 17.7. The Kier molecular flexibility index (Phi) is 5.64. The molecule has 0 saturated heterocycles. The van der Waals surface area contributed by atoms with Crippen molar-refractivity contribution in [3.8, 4) is 5.75 Å². The van der Waals surface area contributed by atoms with Crippen molar-refractivity contribution in [3.05, 3.63) is 40.7 Å². The highest BCUT2D eigenvalue weighted by atomic mass is 35.5. The van der Waals surface area contributed by atoms with Crippen molar-refractivity contribution in [2.24, 2.45) is 0 Å². The van der Waals surface area contributed by atoms with Crippen LogP contribution in [0.2, 0.25) is 5.02 Å². The van der Waals surface area contributed by atoms with Crippen LogP contribution in [0.1, 0.15) is 0 Å². The van der Waals surface area contributed by atoms with Gasteiger partial charge in [0.1, 0.15) is 9.96 Å². The summed E-state index contributed by atoms with van der Waals surface area (Å²) in [6, 6.07) is 7.91. The molecule has 0 aliphatic heterocycles. The molecule has 0 spiro atoms. The monoisotopic (exact) mass is 374 g/mol. The van der Waals surface area contributed by atoms with Gasteiger partial charge in [0, 0.05) is 12.7 Å². The lowest BCUT2D eigenvalue weighted by atomic mass is 10.3. The molecule has 2 aromatic rings. The van der Waals surface area contributed by atoms with Crippen molar-refractivity contribution in [1.29, 1.82) is 0 Å². The number of hydrogen-bond acceptors (Lipinski definition) is 5. The van der Waals surface area contributed by atoms with Gasteiger partial charge in [-0.05, 0) is 29.6 Å². The number of sulfonamides is 1. The predicted molar refractivity (Wildman–Crippen MR) is 90.8 cm³/mol. The van der Waals surface area contributed by atoms with Crippen LogP contribution in [0.4, 0.5) is 5.69 Å². The molecule has 6 nitrogen and oxygen atoms in total. The fourth-order valence-electron chi connectivity index (χ4n) is 1.80. The molecule has 124 valence electrons. The lowest BCUT2D eigenvalue weighted by Gasteiger charge is -2.16. The maximum Gasteiger partial charge on any atom is 0.252 e. The summed E-state index contributed by atoms with van der Waals surface area (Å²) in [4.78, 5) is 12.0. The van der Waals surface area contributed by atoms with E-state index in [4.69, 9.17) is 16.3 Å². The summed E-state index contributed by atoms with van der Waals surface area (Å²) in [7, 11) is -0.810. The first-order chi connectivity index (χ1) is 10.8. The molecule has 1 heterocycles. The maximum absolute atomic E-state index is 12.2. The molecule has 1 N–H and O–H groups in total. The second kappa shape index (κ2) is 7.31. The van der Waals surface area contributed by atoms with Crippen LogP contribution in [0.3, 0.4) is 0 Å². The number of hydrogen-bond donors (Lipinski definition) is 1. The number of amides is 1. The molecule has 2 rings (SSSR count). The Morgan fingerprint density at radius 2 is 2.13 bits per heavy atom. The fourth-order valence-corrected chi connectivity index (χ4v) is 4.38. The van der Waals surface area contributed by atoms with E-state index < -0.39 is 15.9 Å². The van der Waals surface area contributed by atoms with Gasteiger partial charge in [0.05, 0.1) is 18.7 Å². The zero-order valence-corrected chi connectivity index (χ0v) is 14.8. The molecule has 0 saturated carbocycles. The average molecular weight is 375 g/mol. The first-order valence-electron chi connectivity index (χ1n) is 6.48. The van der Waals surface area contributed by atoms with Crippen molar-refractivity contribution >= 4 is 44.6 Å². The van der Waals surface area contributed by atoms with Crippen molar-refractivity contribution in [2.45, 2.75) is 4.21 Å². The van der Waals surface area contributed by atoms with Crippen molar-refractivity contribution < 1.29 is 17.9 Å². The van der Waals surface area contributed by atoms with E-state index in [2.05, 4.69) is 5.32 Å². The Bertz CT molecular complexity index is 791. The quantitative estimate of drug-likeness (QED) is 0.843. The van der Waals surface area contributed by atoms with E-state index in [-0.39, 0.29) is 10.8 Å². The van der Waals surface area contributed by atoms with Crippen LogP contribution in [0.5, 0.6) is 5.75 Å². The minimum absolute atomic E-state index is 0.195. The van der Waals surface area contributed by atoms with Gasteiger partial charge in [0.25, 0.3) is 10.0 Å². The first-order valence-corrected chi connectivity index (χ1v) is 9.17. The van der Waals surface area contributed by atoms with E-state index in [9.17, 15) is 13.2 Å². The Morgan fingerprint density at radius 1 is 1.39 bits per heavy atom. The molecule has 1 aromatic heterocycles. The van der Waals surface area contributed by atoms with Gasteiger partial charge in [-0.2, -0.15) is 4.31 Å². The second-order valence-electron chi connectivity index (χ2n) is 4.59. The standard InChI is InChI=1S/C14H15ClN2O4S2/c1-17(23(19,20)14-4-3-7-22-14)9-13(18)16-10-5-6-12(21-2)11(15)8-10/h3-8H,9H2,1-2H3,(H,16,18). The Hall–Kier alpha value is -1.61. The highest BCUT2D eigenvalue weighted by Crippen LogP contribution is 2.27. The van der Waals surface area contributed by atoms with E-state index in [0.717, 1.165) is 15.6 Å². The fraction of sp³-hybridized carbons (Fsp3) is 0.214. The smallest absolute Gasteiger partial charge is 0.252 e. The minimum Gasteiger partial charge on any atom is -0.495 e. The highest BCUT2D eigenvalue weighted by molar-refractivity contribution is 7.91. The molecule has 0 unspecified atom stereocenters. The molecule has 9 heteroatoms. The van der Waals surface area contributed by atoms with Gasteiger partial charge in [0.2, 0.25) is 5.91 Å². The van der Waals surface area contributed by atoms with Crippen LogP contribution in [-0.2, 0) is 14.8 Å². The van der Waals surface area contributed by atoms with E-state index in [0.29, 0.717) is 16.5 Å². The van der Waals surface area contributed by atoms with E-state index >= 15 is 0 Å². The summed E-state index contributed by atoms with van der Waals surface area (Å²) in [5, 5.41) is 4.62. The summed E-state index contributed by atoms with van der Waals surface area (Å²) in [5.74, 6) is 0.0240. The summed E-state index contributed by atoms with van der Waals surface area (Å²) >= 11 is 7.08. The van der Waals surface area contributed by atoms with Crippen LogP contribution in [0.25, 0.3) is 0 Å². The van der Waals surface area contributed by atoms with Gasteiger partial charge < -0.3 is 10.1 Å². The number of ether oxygens (including phenoxy) is 1. The van der Waals surface area contributed by atoms with Crippen LogP contribution < -0.4 is 10.1 Å². The number of anilines is 1. The Balaban J connectivity index is 2.03. The normalized spacial score (nSPS) is 11.5. The number of methoxy groups -OCH3 is 1. The Labute approximate surface area is 143 Å². The number of halogens is 1. The molecule has 0 radical (unpaired) electrons. The molecular weight excluding hydrogens is 360 g/mol. The zero-order valence-electron chi connectivity index (χ0n) is 12.4. The SMILES string of the molecule is COc1ccc(NC(=O)CN(C)S(=O)(=O)c2cccs2)cc1Cl. The number of rotatable bonds is 6. The van der Waals surface area contributed by atoms with Crippen LogP contribution in [0.15, 0.2) is 39.9 Å². The van der Waals surface area contributed by atoms with Crippen molar-refractivity contribution in [2.75, 3.05) is 26.0 Å². The molecule has 1 aromatic carbocycles. The minimum atomic E-state index is -3.66. The Morgan fingerprint density at radius 3 is 2.70 bits per heavy atom. The van der Waals surface area contributed by atoms with Crippen molar-refractivity contribution in [3.63, 3.8) is 0 Å². The van der Waals surface area contributed by atoms with Crippen LogP contribution >= 0.6 is 22.9 Å².